The average Bonchev–Trinajstić information content (AvgIpc) is 3.02. The molecule has 144 valence electrons. The van der Waals surface area contributed by atoms with Crippen molar-refractivity contribution in [1.29, 1.82) is 0 Å². The first-order chi connectivity index (χ1) is 12.5. The number of alkyl halides is 2. The Labute approximate surface area is 167 Å². The summed E-state index contributed by atoms with van der Waals surface area (Å²) in [6.07, 6.45) is 0.311. The van der Waals surface area contributed by atoms with Gasteiger partial charge in [0.2, 0.25) is 0 Å². The van der Waals surface area contributed by atoms with Crippen molar-refractivity contribution in [3.8, 4) is 5.69 Å². The second kappa shape index (κ2) is 6.84. The predicted molar refractivity (Wildman–Crippen MR) is 105 cm³/mol. The maximum Gasteiger partial charge on any atom is 0.315 e. The predicted octanol–water partition coefficient (Wildman–Crippen LogP) is 3.86. The van der Waals surface area contributed by atoms with Crippen molar-refractivity contribution in [1.82, 2.24) is 9.78 Å². The van der Waals surface area contributed by atoms with E-state index >= 15 is 0 Å². The van der Waals surface area contributed by atoms with Crippen LogP contribution in [0.25, 0.3) is 5.69 Å². The molecule has 6 nitrogen and oxygen atoms in total. The Morgan fingerprint density at radius 2 is 1.81 bits per heavy atom. The number of carbonyl (C=O) groups is 2. The molecule has 1 aliphatic carbocycles. The number of anilines is 1. The van der Waals surface area contributed by atoms with Crippen molar-refractivity contribution in [2.24, 2.45) is 5.41 Å². The van der Waals surface area contributed by atoms with E-state index in [9.17, 15) is 9.59 Å². The minimum absolute atomic E-state index is 0.311. The number of amides is 1. The van der Waals surface area contributed by atoms with E-state index in [4.69, 9.17) is 27.9 Å². The minimum atomic E-state index is -1.12. The molecule has 27 heavy (non-hydrogen) atoms. The number of halogens is 2. The van der Waals surface area contributed by atoms with Crippen LogP contribution in [0.1, 0.15) is 30.3 Å². The lowest BCUT2D eigenvalue weighted by molar-refractivity contribution is -0.152. The Bertz CT molecular complexity index is 906. The fourth-order valence-corrected chi connectivity index (χ4v) is 3.54. The van der Waals surface area contributed by atoms with Crippen LogP contribution in [0.5, 0.6) is 0 Å². The first-order valence-corrected chi connectivity index (χ1v) is 9.29. The summed E-state index contributed by atoms with van der Waals surface area (Å²) in [6.45, 7) is 6.89. The molecule has 3 rings (SSSR count). The summed E-state index contributed by atoms with van der Waals surface area (Å²) < 4.78 is 5.71. The van der Waals surface area contributed by atoms with Crippen LogP contribution in [0.2, 0.25) is 0 Å². The van der Waals surface area contributed by atoms with Gasteiger partial charge < -0.3 is 10.1 Å². The molecule has 1 saturated carbocycles. The van der Waals surface area contributed by atoms with Crippen LogP contribution in [-0.4, -0.2) is 32.6 Å². The molecule has 0 radical (unpaired) electrons. The number of nitrogens with one attached hydrogen (secondary N) is 1. The first kappa shape index (κ1) is 19.7. The molecule has 1 amide bonds. The number of carbonyl (C=O) groups excluding carboxylic acids is 2. The molecule has 0 saturated heterocycles. The fraction of sp³-hybridized carbons (Fsp3) is 0.421. The molecular weight excluding hydrogens is 389 g/mol. The number of hydrogen-bond donors (Lipinski definition) is 1. The van der Waals surface area contributed by atoms with Gasteiger partial charge in [-0.2, -0.15) is 5.10 Å². The van der Waals surface area contributed by atoms with Gasteiger partial charge in [0.1, 0.15) is 9.75 Å². The molecule has 1 aliphatic rings. The van der Waals surface area contributed by atoms with Gasteiger partial charge in [0, 0.05) is 6.42 Å². The molecule has 8 heteroatoms. The van der Waals surface area contributed by atoms with Crippen molar-refractivity contribution in [2.75, 3.05) is 11.9 Å². The third-order valence-electron chi connectivity index (χ3n) is 4.88. The Kier molecular flexibility index (Phi) is 4.99. The Balaban J connectivity index is 1.66. The van der Waals surface area contributed by atoms with E-state index in [1.807, 2.05) is 38.1 Å². The van der Waals surface area contributed by atoms with Gasteiger partial charge in [-0.15, -0.1) is 23.2 Å². The van der Waals surface area contributed by atoms with Gasteiger partial charge >= 0.3 is 5.97 Å². The van der Waals surface area contributed by atoms with Crippen LogP contribution in [-0.2, 0) is 14.3 Å². The van der Waals surface area contributed by atoms with E-state index in [0.29, 0.717) is 17.8 Å². The van der Waals surface area contributed by atoms with Crippen molar-refractivity contribution in [3.05, 3.63) is 41.2 Å². The number of ether oxygens (including phenoxy) is 1. The first-order valence-electron chi connectivity index (χ1n) is 8.53. The van der Waals surface area contributed by atoms with E-state index in [2.05, 4.69) is 10.4 Å². The van der Waals surface area contributed by atoms with E-state index in [0.717, 1.165) is 16.9 Å². The highest BCUT2D eigenvalue weighted by atomic mass is 35.5. The number of aromatic nitrogens is 2. The molecule has 2 aromatic rings. The standard InChI is InChI=1S/C19H21Cl2N3O3/c1-11-5-7-14(8-6-11)24-13(3)16(12(2)23-24)22-15(25)9-27-17(26)18(4)10-19(18,20)21/h5-8H,9-10H2,1-4H3,(H,22,25)/t18-/m0/s1. The molecule has 0 unspecified atom stereocenters. The summed E-state index contributed by atoms with van der Waals surface area (Å²) in [6, 6.07) is 7.91. The van der Waals surface area contributed by atoms with E-state index in [-0.39, 0.29) is 0 Å². The quantitative estimate of drug-likeness (QED) is 0.600. The van der Waals surface area contributed by atoms with Crippen molar-refractivity contribution in [3.63, 3.8) is 0 Å². The average molecular weight is 410 g/mol. The zero-order valence-corrected chi connectivity index (χ0v) is 17.1. The van der Waals surface area contributed by atoms with Gasteiger partial charge in [0.05, 0.1) is 22.8 Å². The summed E-state index contributed by atoms with van der Waals surface area (Å²) >= 11 is 11.9. The van der Waals surface area contributed by atoms with E-state index < -0.39 is 28.2 Å². The molecule has 1 heterocycles. The lowest BCUT2D eigenvalue weighted by Crippen LogP contribution is -2.27. The maximum absolute atomic E-state index is 12.2. The van der Waals surface area contributed by atoms with Crippen LogP contribution in [0.3, 0.4) is 0 Å². The number of hydrogen-bond acceptors (Lipinski definition) is 4. The van der Waals surface area contributed by atoms with Gasteiger partial charge in [-0.1, -0.05) is 17.7 Å². The number of nitrogens with zero attached hydrogens (tertiary/aromatic N) is 2. The SMILES string of the molecule is Cc1ccc(-n2nc(C)c(NC(=O)COC(=O)[C@]3(C)CC3(Cl)Cl)c2C)cc1. The van der Waals surface area contributed by atoms with Gasteiger partial charge in [0.25, 0.3) is 5.91 Å². The smallest absolute Gasteiger partial charge is 0.315 e. The second-order valence-electron chi connectivity index (χ2n) is 7.13. The van der Waals surface area contributed by atoms with Crippen LogP contribution in [0.15, 0.2) is 24.3 Å². The largest absolute Gasteiger partial charge is 0.455 e. The Morgan fingerprint density at radius 3 is 2.37 bits per heavy atom. The third kappa shape index (κ3) is 3.69. The lowest BCUT2D eigenvalue weighted by atomic mass is 10.1. The van der Waals surface area contributed by atoms with Crippen LogP contribution in [0, 0.1) is 26.2 Å². The van der Waals surface area contributed by atoms with Crippen molar-refractivity contribution >= 4 is 40.8 Å². The summed E-state index contributed by atoms with van der Waals surface area (Å²) in [5.41, 5.74) is 3.14. The lowest BCUT2D eigenvalue weighted by Gasteiger charge is -2.12. The molecule has 0 bridgehead atoms. The number of esters is 1. The van der Waals surface area contributed by atoms with Crippen LogP contribution >= 0.6 is 23.2 Å². The second-order valence-corrected chi connectivity index (χ2v) is 8.61. The van der Waals surface area contributed by atoms with Crippen molar-refractivity contribution in [2.45, 2.75) is 38.4 Å². The molecule has 1 aromatic carbocycles. The molecule has 0 spiro atoms. The summed E-state index contributed by atoms with van der Waals surface area (Å²) in [7, 11) is 0. The van der Waals surface area contributed by atoms with Gasteiger partial charge in [-0.3, -0.25) is 9.59 Å². The molecule has 1 fully saturated rings. The monoisotopic (exact) mass is 409 g/mol. The van der Waals surface area contributed by atoms with E-state index in [1.165, 1.54) is 0 Å². The topological polar surface area (TPSA) is 73.2 Å². The highest BCUT2D eigenvalue weighted by molar-refractivity contribution is 6.53. The maximum atomic E-state index is 12.2. The highest BCUT2D eigenvalue weighted by Crippen LogP contribution is 2.64. The molecular formula is C19H21Cl2N3O3. The minimum Gasteiger partial charge on any atom is -0.455 e. The van der Waals surface area contributed by atoms with Gasteiger partial charge in [-0.25, -0.2) is 4.68 Å². The molecule has 0 aliphatic heterocycles. The summed E-state index contributed by atoms with van der Waals surface area (Å²) in [5, 5.41) is 7.25. The normalized spacial score (nSPS) is 20.2. The zero-order chi connectivity index (χ0) is 20.0. The summed E-state index contributed by atoms with van der Waals surface area (Å²) in [4.78, 5) is 24.3. The number of aryl methyl sites for hydroxylation is 2. The highest BCUT2D eigenvalue weighted by Gasteiger charge is 2.69. The van der Waals surface area contributed by atoms with Crippen molar-refractivity contribution < 1.29 is 14.3 Å². The number of rotatable bonds is 5. The van der Waals surface area contributed by atoms with Gasteiger partial charge in [-0.05, 0) is 39.8 Å². The van der Waals surface area contributed by atoms with Crippen LogP contribution < -0.4 is 5.32 Å². The van der Waals surface area contributed by atoms with Crippen LogP contribution in [0.4, 0.5) is 5.69 Å². The zero-order valence-electron chi connectivity index (χ0n) is 15.6. The Hall–Kier alpha value is -2.05. The summed E-state index contributed by atoms with van der Waals surface area (Å²) in [5.74, 6) is -1.02. The number of benzene rings is 1. The molecule has 1 N–H and O–H groups in total. The Morgan fingerprint density at radius 1 is 1.22 bits per heavy atom. The third-order valence-corrected chi connectivity index (χ3v) is 5.98. The fourth-order valence-electron chi connectivity index (χ4n) is 2.85. The molecule has 1 aromatic heterocycles. The van der Waals surface area contributed by atoms with Gasteiger partial charge in [0.15, 0.2) is 6.61 Å². The van der Waals surface area contributed by atoms with E-state index in [1.54, 1.807) is 18.5 Å². The molecule has 1 atom stereocenters.